The van der Waals surface area contributed by atoms with Crippen molar-refractivity contribution in [2.75, 3.05) is 25.4 Å². The van der Waals surface area contributed by atoms with Crippen molar-refractivity contribution in [1.29, 1.82) is 0 Å². The van der Waals surface area contributed by atoms with E-state index < -0.39 is 10.0 Å². The first-order chi connectivity index (χ1) is 8.07. The van der Waals surface area contributed by atoms with Gasteiger partial charge in [-0.2, -0.15) is 0 Å². The molecule has 1 rings (SSSR count). The third-order valence-corrected chi connectivity index (χ3v) is 3.75. The lowest BCUT2D eigenvalue weighted by Gasteiger charge is -2.10. The molecule has 8 heteroatoms. The summed E-state index contributed by atoms with van der Waals surface area (Å²) in [7, 11) is -3.10. The van der Waals surface area contributed by atoms with E-state index in [9.17, 15) is 8.42 Å². The molecule has 18 heavy (non-hydrogen) atoms. The number of guanidine groups is 1. The van der Waals surface area contributed by atoms with Crippen LogP contribution in [0.4, 0.5) is 0 Å². The molecule has 1 saturated carbocycles. The maximum Gasteiger partial charge on any atom is 0.211 e. The van der Waals surface area contributed by atoms with Crippen LogP contribution in [0, 0.1) is 0 Å². The second-order valence-electron chi connectivity index (χ2n) is 3.98. The molecule has 0 unspecified atom stereocenters. The lowest BCUT2D eigenvalue weighted by molar-refractivity contribution is 0.583. The Labute approximate surface area is 126 Å². The summed E-state index contributed by atoms with van der Waals surface area (Å²) >= 11 is 0. The van der Waals surface area contributed by atoms with E-state index in [2.05, 4.69) is 20.3 Å². The number of hydrogen-bond acceptors (Lipinski definition) is 3. The van der Waals surface area contributed by atoms with E-state index in [4.69, 9.17) is 0 Å². The van der Waals surface area contributed by atoms with E-state index in [0.29, 0.717) is 19.1 Å². The van der Waals surface area contributed by atoms with E-state index in [1.807, 2.05) is 6.92 Å². The van der Waals surface area contributed by atoms with Gasteiger partial charge in [-0.05, 0) is 26.7 Å². The topological polar surface area (TPSA) is 82.6 Å². The van der Waals surface area contributed by atoms with Gasteiger partial charge in [0.25, 0.3) is 0 Å². The summed E-state index contributed by atoms with van der Waals surface area (Å²) in [4.78, 5) is 4.30. The Morgan fingerprint density at radius 3 is 2.50 bits per heavy atom. The van der Waals surface area contributed by atoms with Crippen LogP contribution >= 0.6 is 24.0 Å². The molecule has 6 nitrogen and oxygen atoms in total. The molecular weight excluding hydrogens is 367 g/mol. The fraction of sp³-hybridized carbons (Fsp3) is 0.900. The van der Waals surface area contributed by atoms with Crippen molar-refractivity contribution >= 4 is 40.0 Å². The van der Waals surface area contributed by atoms with Crippen molar-refractivity contribution in [2.45, 2.75) is 32.7 Å². The van der Waals surface area contributed by atoms with Gasteiger partial charge in [-0.3, -0.25) is 4.99 Å². The van der Waals surface area contributed by atoms with Gasteiger partial charge in [-0.15, -0.1) is 24.0 Å². The Hall–Kier alpha value is -0.0900. The molecule has 0 aromatic rings. The third kappa shape index (κ3) is 8.09. The number of nitrogens with one attached hydrogen (secondary N) is 3. The summed E-state index contributed by atoms with van der Waals surface area (Å²) in [5.41, 5.74) is 0. The lowest BCUT2D eigenvalue weighted by Crippen LogP contribution is -2.39. The monoisotopic (exact) mass is 390 g/mol. The number of sulfonamides is 1. The second kappa shape index (κ2) is 8.92. The zero-order valence-electron chi connectivity index (χ0n) is 10.9. The summed E-state index contributed by atoms with van der Waals surface area (Å²) in [6, 6.07) is 0.542. The third-order valence-electron chi connectivity index (χ3n) is 2.35. The first-order valence-electron chi connectivity index (χ1n) is 6.09. The molecule has 1 aliphatic rings. The van der Waals surface area contributed by atoms with Crippen LogP contribution in [0.3, 0.4) is 0 Å². The lowest BCUT2D eigenvalue weighted by atomic mass is 10.6. The van der Waals surface area contributed by atoms with Gasteiger partial charge < -0.3 is 10.6 Å². The highest BCUT2D eigenvalue weighted by molar-refractivity contribution is 14.0. The van der Waals surface area contributed by atoms with Gasteiger partial charge in [0.2, 0.25) is 10.0 Å². The molecule has 108 valence electrons. The summed E-state index contributed by atoms with van der Waals surface area (Å²) in [6.45, 7) is 5.21. The highest BCUT2D eigenvalue weighted by Crippen LogP contribution is 2.18. The molecule has 1 fully saturated rings. The van der Waals surface area contributed by atoms with E-state index in [-0.39, 0.29) is 29.7 Å². The predicted molar refractivity (Wildman–Crippen MR) is 85.0 cm³/mol. The van der Waals surface area contributed by atoms with E-state index in [0.717, 1.165) is 12.5 Å². The van der Waals surface area contributed by atoms with Crippen LogP contribution in [0.1, 0.15) is 26.7 Å². The minimum Gasteiger partial charge on any atom is -0.357 e. The highest BCUT2D eigenvalue weighted by Gasteiger charge is 2.21. The molecule has 0 heterocycles. The number of hydrogen-bond donors (Lipinski definition) is 3. The molecule has 0 amide bonds. The van der Waals surface area contributed by atoms with Gasteiger partial charge >= 0.3 is 0 Å². The molecule has 1 aliphatic carbocycles. The van der Waals surface area contributed by atoms with Crippen LogP contribution < -0.4 is 15.4 Å². The van der Waals surface area contributed by atoms with Gasteiger partial charge in [0.05, 0.1) is 12.3 Å². The highest BCUT2D eigenvalue weighted by atomic mass is 127. The first-order valence-corrected chi connectivity index (χ1v) is 7.74. The van der Waals surface area contributed by atoms with Gasteiger partial charge in [0.1, 0.15) is 0 Å². The van der Waals surface area contributed by atoms with Crippen molar-refractivity contribution < 1.29 is 8.42 Å². The maximum atomic E-state index is 11.2. The van der Waals surface area contributed by atoms with Gasteiger partial charge in [0.15, 0.2) is 5.96 Å². The minimum atomic E-state index is -3.10. The normalized spacial score (nSPS) is 16.0. The zero-order valence-corrected chi connectivity index (χ0v) is 14.0. The fourth-order valence-corrected chi connectivity index (χ4v) is 1.82. The summed E-state index contributed by atoms with van der Waals surface area (Å²) in [6.07, 6.45) is 2.37. The van der Waals surface area contributed by atoms with Crippen LogP contribution in [0.15, 0.2) is 4.99 Å². The number of nitrogens with zero attached hydrogens (tertiary/aromatic N) is 1. The maximum absolute atomic E-state index is 11.2. The van der Waals surface area contributed by atoms with E-state index in [1.165, 1.54) is 12.8 Å². The standard InChI is InChI=1S/C10H22N4O2S.HI/c1-3-11-10(14-9-5-6-9)12-7-8-13-17(15,16)4-2;/h9,13H,3-8H2,1-2H3,(H2,11,12,14);1H. The number of rotatable bonds is 7. The Kier molecular flexibility index (Phi) is 8.87. The molecule has 0 radical (unpaired) electrons. The minimum absolute atomic E-state index is 0. The van der Waals surface area contributed by atoms with Crippen LogP contribution in [-0.4, -0.2) is 45.8 Å². The molecule has 3 N–H and O–H groups in total. The van der Waals surface area contributed by atoms with Gasteiger partial charge in [-0.25, -0.2) is 13.1 Å². The van der Waals surface area contributed by atoms with Crippen molar-refractivity contribution in [1.82, 2.24) is 15.4 Å². The van der Waals surface area contributed by atoms with Crippen LogP contribution in [0.2, 0.25) is 0 Å². The van der Waals surface area contributed by atoms with E-state index in [1.54, 1.807) is 6.92 Å². The quantitative estimate of drug-likeness (QED) is 0.252. The Morgan fingerprint density at radius 2 is 2.00 bits per heavy atom. The number of halogens is 1. The Balaban J connectivity index is 0.00000289. The van der Waals surface area contributed by atoms with Crippen LogP contribution in [0.25, 0.3) is 0 Å². The van der Waals surface area contributed by atoms with Gasteiger partial charge in [0, 0.05) is 19.1 Å². The van der Waals surface area contributed by atoms with Crippen molar-refractivity contribution in [3.63, 3.8) is 0 Å². The molecule has 0 aromatic carbocycles. The molecular formula is C10H23IN4O2S. The molecule has 0 aliphatic heterocycles. The largest absolute Gasteiger partial charge is 0.357 e. The Morgan fingerprint density at radius 1 is 1.33 bits per heavy atom. The van der Waals surface area contributed by atoms with Crippen LogP contribution in [-0.2, 0) is 10.0 Å². The zero-order chi connectivity index (χ0) is 12.7. The smallest absolute Gasteiger partial charge is 0.211 e. The summed E-state index contributed by atoms with van der Waals surface area (Å²) < 4.78 is 24.8. The average Bonchev–Trinajstić information content (AvgIpc) is 3.08. The number of aliphatic imine (C=N–C) groups is 1. The van der Waals surface area contributed by atoms with Gasteiger partial charge in [-0.1, -0.05) is 0 Å². The summed E-state index contributed by atoms with van der Waals surface area (Å²) in [5, 5.41) is 6.39. The Bertz CT molecular complexity index is 355. The molecule has 0 saturated heterocycles. The van der Waals surface area contributed by atoms with Crippen molar-refractivity contribution in [3.05, 3.63) is 0 Å². The fourth-order valence-electron chi connectivity index (χ4n) is 1.21. The SMILES string of the molecule is CCNC(=NCCNS(=O)(=O)CC)NC1CC1.I. The molecule has 0 spiro atoms. The second-order valence-corrected chi connectivity index (χ2v) is 6.07. The predicted octanol–water partition coefficient (Wildman–Crippen LogP) is 0.261. The molecule has 0 bridgehead atoms. The van der Waals surface area contributed by atoms with E-state index >= 15 is 0 Å². The molecule has 0 aromatic heterocycles. The summed E-state index contributed by atoms with van der Waals surface area (Å²) in [5.74, 6) is 0.877. The molecule has 0 atom stereocenters. The first kappa shape index (κ1) is 17.9. The van der Waals surface area contributed by atoms with Crippen LogP contribution in [0.5, 0.6) is 0 Å². The average molecular weight is 390 g/mol. The van der Waals surface area contributed by atoms with Crippen molar-refractivity contribution in [2.24, 2.45) is 4.99 Å². The van der Waals surface area contributed by atoms with Crippen molar-refractivity contribution in [3.8, 4) is 0 Å².